The van der Waals surface area contributed by atoms with Gasteiger partial charge in [-0.2, -0.15) is 0 Å². The molecule has 0 spiro atoms. The lowest BCUT2D eigenvalue weighted by Gasteiger charge is -2.25. The van der Waals surface area contributed by atoms with E-state index in [1.54, 1.807) is 0 Å². The van der Waals surface area contributed by atoms with E-state index in [-0.39, 0.29) is 5.41 Å². The Morgan fingerprint density at radius 3 is 2.33 bits per heavy atom. The zero-order valence-corrected chi connectivity index (χ0v) is 13.1. The third kappa shape index (κ3) is 3.49. The minimum Gasteiger partial charge on any atom is -0.326 e. The van der Waals surface area contributed by atoms with E-state index < -0.39 is 0 Å². The van der Waals surface area contributed by atoms with Gasteiger partial charge in [0.1, 0.15) is 17.5 Å². The summed E-state index contributed by atoms with van der Waals surface area (Å²) >= 11 is 0. The van der Waals surface area contributed by atoms with Gasteiger partial charge < -0.3 is 10.3 Å². The number of nitrogen functional groups attached to an aromatic ring is 1. The summed E-state index contributed by atoms with van der Waals surface area (Å²) in [6, 6.07) is 12.0. The van der Waals surface area contributed by atoms with Crippen LogP contribution in [0.3, 0.4) is 0 Å². The molecular weight excluding hydrogens is 262 g/mol. The van der Waals surface area contributed by atoms with Gasteiger partial charge in [-0.3, -0.25) is 0 Å². The number of nitrogens with zero attached hydrogens (tertiary/aromatic N) is 3. The van der Waals surface area contributed by atoms with E-state index in [4.69, 9.17) is 10.8 Å². The largest absolute Gasteiger partial charge is 0.326 e. The van der Waals surface area contributed by atoms with Crippen LogP contribution >= 0.6 is 0 Å². The first-order chi connectivity index (χ1) is 9.95. The lowest BCUT2D eigenvalue weighted by atomic mass is 9.96. The number of benzene rings is 1. The van der Waals surface area contributed by atoms with Crippen LogP contribution < -0.4 is 16.2 Å². The summed E-state index contributed by atoms with van der Waals surface area (Å²) in [6.07, 6.45) is 0. The van der Waals surface area contributed by atoms with Crippen molar-refractivity contribution in [2.24, 2.45) is 5.84 Å². The average molecular weight is 285 g/mol. The number of anilines is 3. The molecule has 1 aromatic carbocycles. The van der Waals surface area contributed by atoms with Crippen LogP contribution in [0.1, 0.15) is 33.5 Å². The molecule has 0 fully saturated rings. The topological polar surface area (TPSA) is 67.1 Å². The van der Waals surface area contributed by atoms with Crippen molar-refractivity contribution in [3.8, 4) is 0 Å². The van der Waals surface area contributed by atoms with E-state index in [0.29, 0.717) is 5.82 Å². The summed E-state index contributed by atoms with van der Waals surface area (Å²) in [6.45, 7) is 9.18. The Morgan fingerprint density at radius 1 is 1.14 bits per heavy atom. The van der Waals surface area contributed by atoms with Crippen molar-refractivity contribution in [1.29, 1.82) is 0 Å². The number of hydrazine groups is 1. The fraction of sp³-hybridized carbons (Fsp3) is 0.375. The molecule has 3 N–H and O–H groups in total. The van der Waals surface area contributed by atoms with Gasteiger partial charge in [0.15, 0.2) is 0 Å². The molecule has 1 heterocycles. The number of rotatable bonds is 4. The Bertz CT molecular complexity index is 589. The van der Waals surface area contributed by atoms with Crippen LogP contribution in [0.4, 0.5) is 17.3 Å². The first-order valence-electron chi connectivity index (χ1n) is 7.14. The summed E-state index contributed by atoms with van der Waals surface area (Å²) in [5.41, 5.74) is 3.59. The summed E-state index contributed by atoms with van der Waals surface area (Å²) in [5.74, 6) is 7.79. The van der Waals surface area contributed by atoms with Crippen molar-refractivity contribution >= 4 is 17.3 Å². The van der Waals surface area contributed by atoms with E-state index in [1.165, 1.54) is 0 Å². The first-order valence-corrected chi connectivity index (χ1v) is 7.14. The Morgan fingerprint density at radius 2 is 1.81 bits per heavy atom. The van der Waals surface area contributed by atoms with E-state index in [9.17, 15) is 0 Å². The number of hydrogen-bond donors (Lipinski definition) is 2. The molecule has 5 heteroatoms. The summed E-state index contributed by atoms with van der Waals surface area (Å²) in [5, 5.41) is 0. The van der Waals surface area contributed by atoms with Gasteiger partial charge in [0.2, 0.25) is 0 Å². The van der Waals surface area contributed by atoms with Crippen molar-refractivity contribution < 1.29 is 0 Å². The van der Waals surface area contributed by atoms with Crippen molar-refractivity contribution in [3.05, 3.63) is 42.2 Å². The van der Waals surface area contributed by atoms with E-state index in [1.807, 2.05) is 24.3 Å². The molecule has 0 bridgehead atoms. The van der Waals surface area contributed by atoms with Gasteiger partial charge in [0, 0.05) is 23.7 Å². The molecule has 2 aromatic rings. The number of aromatic nitrogens is 2. The highest BCUT2D eigenvalue weighted by Gasteiger charge is 2.21. The fourth-order valence-electron chi connectivity index (χ4n) is 2.07. The normalized spacial score (nSPS) is 11.3. The van der Waals surface area contributed by atoms with Crippen LogP contribution in [0.25, 0.3) is 0 Å². The molecule has 0 aliphatic rings. The first kappa shape index (κ1) is 15.3. The zero-order chi connectivity index (χ0) is 15.5. The molecule has 0 radical (unpaired) electrons. The number of para-hydroxylation sites is 1. The lowest BCUT2D eigenvalue weighted by molar-refractivity contribution is 0.545. The lowest BCUT2D eigenvalue weighted by Crippen LogP contribution is -2.23. The van der Waals surface area contributed by atoms with Crippen molar-refractivity contribution in [3.63, 3.8) is 0 Å². The van der Waals surface area contributed by atoms with Crippen LogP contribution in [0.5, 0.6) is 0 Å². The molecule has 2 rings (SSSR count). The Balaban J connectivity index is 2.51. The maximum atomic E-state index is 5.55. The monoisotopic (exact) mass is 285 g/mol. The fourth-order valence-corrected chi connectivity index (χ4v) is 2.07. The highest BCUT2D eigenvalue weighted by molar-refractivity contribution is 5.62. The van der Waals surface area contributed by atoms with Crippen molar-refractivity contribution in [2.75, 3.05) is 16.9 Å². The molecule has 5 nitrogen and oxygen atoms in total. The molecule has 0 amide bonds. The second-order valence-corrected chi connectivity index (χ2v) is 5.91. The van der Waals surface area contributed by atoms with Gasteiger partial charge >= 0.3 is 0 Å². The molecule has 0 unspecified atom stereocenters. The van der Waals surface area contributed by atoms with Gasteiger partial charge in [-0.05, 0) is 19.1 Å². The van der Waals surface area contributed by atoms with E-state index >= 15 is 0 Å². The second kappa shape index (κ2) is 6.10. The highest BCUT2D eigenvalue weighted by Crippen LogP contribution is 2.28. The molecule has 112 valence electrons. The second-order valence-electron chi connectivity index (χ2n) is 5.91. The third-order valence-corrected chi connectivity index (χ3v) is 3.19. The summed E-state index contributed by atoms with van der Waals surface area (Å²) in [4.78, 5) is 11.3. The Hall–Kier alpha value is -2.14. The highest BCUT2D eigenvalue weighted by atomic mass is 15.3. The van der Waals surface area contributed by atoms with Crippen LogP contribution in [0, 0.1) is 0 Å². The van der Waals surface area contributed by atoms with Gasteiger partial charge in [0.25, 0.3) is 0 Å². The molecule has 0 aliphatic heterocycles. The third-order valence-electron chi connectivity index (χ3n) is 3.19. The minimum absolute atomic E-state index is 0.141. The minimum atomic E-state index is -0.141. The summed E-state index contributed by atoms with van der Waals surface area (Å²) in [7, 11) is 0. The molecule has 0 saturated heterocycles. The standard InChI is InChI=1S/C16H23N5/c1-5-21(12-9-7-6-8-10-12)14-11-13(20-17)18-15(19-14)16(2,3)4/h6-11H,5,17H2,1-4H3,(H,18,19,20). The van der Waals surface area contributed by atoms with Gasteiger partial charge in [-0.15, -0.1) is 0 Å². The van der Waals surface area contributed by atoms with Crippen LogP contribution in [0.15, 0.2) is 36.4 Å². The average Bonchev–Trinajstić information content (AvgIpc) is 2.48. The van der Waals surface area contributed by atoms with Crippen LogP contribution in [-0.2, 0) is 5.41 Å². The molecule has 1 aromatic heterocycles. The predicted molar refractivity (Wildman–Crippen MR) is 87.7 cm³/mol. The smallest absolute Gasteiger partial charge is 0.145 e. The molecule has 21 heavy (non-hydrogen) atoms. The summed E-state index contributed by atoms with van der Waals surface area (Å²) < 4.78 is 0. The van der Waals surface area contributed by atoms with Crippen LogP contribution in [0.2, 0.25) is 0 Å². The van der Waals surface area contributed by atoms with Gasteiger partial charge in [-0.25, -0.2) is 15.8 Å². The van der Waals surface area contributed by atoms with Crippen molar-refractivity contribution in [2.45, 2.75) is 33.1 Å². The SMILES string of the molecule is CCN(c1ccccc1)c1cc(NN)nc(C(C)(C)C)n1. The predicted octanol–water partition coefficient (Wildman–Crippen LogP) is 3.22. The molecular formula is C16H23N5. The maximum Gasteiger partial charge on any atom is 0.145 e. The number of nitrogens with two attached hydrogens (primary N) is 1. The quantitative estimate of drug-likeness (QED) is 0.667. The molecule has 0 saturated carbocycles. The molecule has 0 aliphatic carbocycles. The Labute approximate surface area is 126 Å². The number of hydrogen-bond acceptors (Lipinski definition) is 5. The van der Waals surface area contributed by atoms with E-state index in [0.717, 1.165) is 23.9 Å². The Kier molecular flexibility index (Phi) is 4.43. The van der Waals surface area contributed by atoms with E-state index in [2.05, 4.69) is 55.1 Å². The maximum absolute atomic E-state index is 5.55. The van der Waals surface area contributed by atoms with Gasteiger partial charge in [0.05, 0.1) is 0 Å². The van der Waals surface area contributed by atoms with Crippen LogP contribution in [-0.4, -0.2) is 16.5 Å². The van der Waals surface area contributed by atoms with Gasteiger partial charge in [-0.1, -0.05) is 39.0 Å². The number of nitrogens with one attached hydrogen (secondary N) is 1. The van der Waals surface area contributed by atoms with Crippen molar-refractivity contribution in [1.82, 2.24) is 9.97 Å². The molecule has 0 atom stereocenters. The zero-order valence-electron chi connectivity index (χ0n) is 13.1.